The predicted molar refractivity (Wildman–Crippen MR) is 315 cm³/mol. The van der Waals surface area contributed by atoms with E-state index in [4.69, 9.17) is 0 Å². The molecule has 0 spiro atoms. The molecule has 12 nitrogen and oxygen atoms in total. The van der Waals surface area contributed by atoms with Crippen LogP contribution in [0.5, 0.6) is 0 Å². The van der Waals surface area contributed by atoms with E-state index in [0.29, 0.717) is 0 Å². The predicted octanol–water partition coefficient (Wildman–Crippen LogP) is 13.8. The van der Waals surface area contributed by atoms with E-state index in [1.54, 1.807) is 0 Å². The van der Waals surface area contributed by atoms with Gasteiger partial charge in [-0.3, -0.25) is 34.9 Å². The minimum absolute atomic E-state index is 0. The fourth-order valence-corrected chi connectivity index (χ4v) is 11.2. The summed E-state index contributed by atoms with van der Waals surface area (Å²) in [7, 11) is 0. The Morgan fingerprint density at radius 3 is 1.17 bits per heavy atom. The van der Waals surface area contributed by atoms with Gasteiger partial charge in [0, 0.05) is 94.0 Å². The maximum absolute atomic E-state index is 4.66. The van der Waals surface area contributed by atoms with E-state index in [2.05, 4.69) is 186 Å². The highest BCUT2D eigenvalue weighted by Gasteiger charge is 2.20. The molecule has 0 aliphatic carbocycles. The summed E-state index contributed by atoms with van der Waals surface area (Å²) >= 11 is 0. The summed E-state index contributed by atoms with van der Waals surface area (Å²) in [5, 5.41) is 6.61. The first kappa shape index (κ1) is 45.5. The summed E-state index contributed by atoms with van der Waals surface area (Å²) in [5.41, 5.74) is 23.0. The summed E-state index contributed by atoms with van der Waals surface area (Å²) < 4.78 is 9.01. The van der Waals surface area contributed by atoms with Crippen LogP contribution in [0.3, 0.4) is 0 Å². The van der Waals surface area contributed by atoms with Gasteiger partial charge in [0.1, 0.15) is 0 Å². The van der Waals surface area contributed by atoms with Crippen LogP contribution >= 0.6 is 9.90 Å². The van der Waals surface area contributed by atoms with Gasteiger partial charge in [0.25, 0.3) is 0 Å². The molecule has 1 aliphatic heterocycles. The molecule has 1 aliphatic rings. The van der Waals surface area contributed by atoms with E-state index < -0.39 is 0 Å². The third kappa shape index (κ3) is 7.45. The van der Waals surface area contributed by atoms with Crippen molar-refractivity contribution in [2.75, 3.05) is 0 Å². The maximum atomic E-state index is 4.66. The van der Waals surface area contributed by atoms with Crippen LogP contribution in [0, 0.1) is 0 Å². The fraction of sp³-hybridized carbons (Fsp3) is 0.0156. The number of hydrogen-bond donors (Lipinski definition) is 1. The molecular formula is C64H45N12P. The molecule has 0 fully saturated rings. The normalized spacial score (nSPS) is 12.1. The van der Waals surface area contributed by atoms with Gasteiger partial charge in [0.2, 0.25) is 0 Å². The van der Waals surface area contributed by atoms with Crippen molar-refractivity contribution in [3.63, 3.8) is 0 Å². The van der Waals surface area contributed by atoms with Crippen LogP contribution in [0.2, 0.25) is 0 Å². The molecule has 11 aromatic heterocycles. The van der Waals surface area contributed by atoms with Crippen LogP contribution in [0.25, 0.3) is 128 Å². The minimum Gasteiger partial charge on any atom is -0.385 e. The molecule has 0 radical (unpaired) electrons. The van der Waals surface area contributed by atoms with Crippen molar-refractivity contribution in [3.05, 3.63) is 243 Å². The number of nitrogens with one attached hydrogen (secondary N) is 1. The molecule has 1 N–H and O–H groups in total. The van der Waals surface area contributed by atoms with Gasteiger partial charge in [-0.2, -0.15) is 9.90 Å². The molecule has 0 saturated carbocycles. The highest BCUT2D eigenvalue weighted by Crippen LogP contribution is 2.36. The second-order valence-electron chi connectivity index (χ2n) is 18.8. The lowest BCUT2D eigenvalue weighted by atomic mass is 10.0. The van der Waals surface area contributed by atoms with E-state index in [9.17, 15) is 0 Å². The third-order valence-electron chi connectivity index (χ3n) is 14.6. The second kappa shape index (κ2) is 18.6. The largest absolute Gasteiger partial charge is 0.385 e. The van der Waals surface area contributed by atoms with Gasteiger partial charge in [0.15, 0.2) is 0 Å². The fourth-order valence-electron chi connectivity index (χ4n) is 11.2. The van der Waals surface area contributed by atoms with Crippen LogP contribution in [0.1, 0.15) is 11.3 Å². The average Bonchev–Trinajstić information content (AvgIpc) is 4.35. The first-order chi connectivity index (χ1) is 37.7. The number of aromatic nitrogens is 11. The van der Waals surface area contributed by atoms with Crippen LogP contribution in [0.15, 0.2) is 232 Å². The van der Waals surface area contributed by atoms with Crippen LogP contribution in [-0.4, -0.2) is 53.2 Å². The van der Waals surface area contributed by atoms with E-state index in [0.717, 1.165) is 117 Å². The molecule has 13 heteroatoms. The van der Waals surface area contributed by atoms with Crippen molar-refractivity contribution in [2.24, 2.45) is 0 Å². The Morgan fingerprint density at radius 1 is 0.325 bits per heavy atom. The standard InChI is InChI=1S/C32H20N6.C32H22N6.H3P/c1-3-28-31(35-15-1)25-13-17-34-20-30(25)38(28)24-11-7-22(8-12-24)21-5-9-23(10-6-21)37-27-14-18-33-19-26(27)32-29(37)4-2-16-36-32;1-3-27-31(35-15-1)25-13-17-33-19-29(25)37(27)23-9-5-21(6-10-23)22-7-11-24(12-8-22)38-28-4-2-16-36-32(28)26-14-18-34-20-30(26)38;/h1-20H;1-19,34H,20H2;1H3. The molecule has 0 bridgehead atoms. The molecule has 1 atom stereocenters. The first-order valence-corrected chi connectivity index (χ1v) is 25.1. The summed E-state index contributed by atoms with van der Waals surface area (Å²) in [6, 6.07) is 57.3. The van der Waals surface area contributed by atoms with Crippen molar-refractivity contribution < 1.29 is 0 Å². The van der Waals surface area contributed by atoms with E-state index in [1.807, 2.05) is 111 Å². The highest BCUT2D eigenvalue weighted by molar-refractivity contribution is 6.92. The van der Waals surface area contributed by atoms with E-state index in [1.165, 1.54) is 22.4 Å². The number of pyridine rings is 7. The van der Waals surface area contributed by atoms with Crippen LogP contribution in [0.4, 0.5) is 0 Å². The zero-order valence-corrected chi connectivity index (χ0v) is 42.8. The summed E-state index contributed by atoms with van der Waals surface area (Å²) in [6.07, 6.45) is 22.7. The summed E-state index contributed by atoms with van der Waals surface area (Å²) in [6.45, 7) is 0.777. The zero-order chi connectivity index (χ0) is 50.1. The summed E-state index contributed by atoms with van der Waals surface area (Å²) in [5.74, 6) is 0. The molecule has 4 aromatic carbocycles. The molecule has 366 valence electrons. The topological polar surface area (TPSA) is 122 Å². The highest BCUT2D eigenvalue weighted by atomic mass is 31.0. The Hall–Kier alpha value is -10.2. The first-order valence-electron chi connectivity index (χ1n) is 25.1. The second-order valence-corrected chi connectivity index (χ2v) is 18.8. The van der Waals surface area contributed by atoms with Gasteiger partial charge in [-0.05, 0) is 150 Å². The van der Waals surface area contributed by atoms with Gasteiger partial charge in [0.05, 0.1) is 85.3 Å². The van der Waals surface area contributed by atoms with Crippen LogP contribution < -0.4 is 5.32 Å². The number of rotatable bonds is 6. The maximum Gasteiger partial charge on any atom is 0.0978 e. The van der Waals surface area contributed by atoms with Gasteiger partial charge in [-0.25, -0.2) is 0 Å². The molecule has 1 unspecified atom stereocenters. The third-order valence-corrected chi connectivity index (χ3v) is 14.6. The van der Waals surface area contributed by atoms with E-state index in [-0.39, 0.29) is 9.90 Å². The molecule has 12 heterocycles. The lowest BCUT2D eigenvalue weighted by Crippen LogP contribution is -2.13. The quantitative estimate of drug-likeness (QED) is 0.163. The van der Waals surface area contributed by atoms with Crippen molar-refractivity contribution in [1.29, 1.82) is 0 Å². The van der Waals surface area contributed by atoms with Gasteiger partial charge < -0.3 is 23.6 Å². The smallest absolute Gasteiger partial charge is 0.0978 e. The Bertz CT molecular complexity index is 4430. The van der Waals surface area contributed by atoms with Gasteiger partial charge in [-0.15, -0.1) is 0 Å². The Labute approximate surface area is 444 Å². The Kier molecular flexibility index (Phi) is 11.0. The lowest BCUT2D eigenvalue weighted by Gasteiger charge is -2.15. The van der Waals surface area contributed by atoms with Crippen molar-refractivity contribution in [2.45, 2.75) is 6.54 Å². The number of hydrogen-bond acceptors (Lipinski definition) is 8. The lowest BCUT2D eigenvalue weighted by molar-refractivity contribution is 0.803. The van der Waals surface area contributed by atoms with E-state index >= 15 is 0 Å². The molecule has 77 heavy (non-hydrogen) atoms. The van der Waals surface area contributed by atoms with Gasteiger partial charge >= 0.3 is 0 Å². The van der Waals surface area contributed by atoms with Crippen molar-refractivity contribution in [3.8, 4) is 45.0 Å². The monoisotopic (exact) mass is 1010 g/mol. The average molecular weight is 1010 g/mol. The van der Waals surface area contributed by atoms with Crippen molar-refractivity contribution in [1.82, 2.24) is 58.5 Å². The molecule has 15 aromatic rings. The molecule has 16 rings (SSSR count). The molecule has 0 saturated heterocycles. The summed E-state index contributed by atoms with van der Waals surface area (Å²) in [4.78, 5) is 31.6. The SMILES string of the molecule is C1=Cc2c(n(-c3ccc(-c4ccc(-n5c6cnccc6c6ncccc65)cc4)cc3)c3cccnc23)CN1.P.c1cnc2c3cnccc3n(-c3ccc(-c4ccc(-n5c6cnccc6c6ncccc65)cc4)cc3)c2c1. The van der Waals surface area contributed by atoms with Crippen molar-refractivity contribution >= 4 is 92.8 Å². The van der Waals surface area contributed by atoms with Crippen LogP contribution in [-0.2, 0) is 6.54 Å². The molecular weight excluding hydrogens is 968 g/mol. The minimum atomic E-state index is 0. The Balaban J connectivity index is 0.000000138. The van der Waals surface area contributed by atoms with Gasteiger partial charge in [-0.1, -0.05) is 48.5 Å². The number of nitrogens with zero attached hydrogens (tertiary/aromatic N) is 11. The zero-order valence-electron chi connectivity index (χ0n) is 41.4. The number of fused-ring (bicyclic) bond motifs is 12. The number of benzene rings is 4. The molecule has 0 amide bonds. The Morgan fingerprint density at radius 2 is 0.701 bits per heavy atom.